The molecule has 1 aromatic carbocycles. The molecule has 0 N–H and O–H groups in total. The first kappa shape index (κ1) is 20.3. The fraction of sp³-hybridized carbons (Fsp3) is 0.391. The molecule has 0 saturated carbocycles. The molecule has 0 spiro atoms. The van der Waals surface area contributed by atoms with E-state index < -0.39 is 11.9 Å². The van der Waals surface area contributed by atoms with Crippen molar-refractivity contribution in [2.45, 2.75) is 33.1 Å². The summed E-state index contributed by atoms with van der Waals surface area (Å²) in [5.74, 6) is -1.57. The summed E-state index contributed by atoms with van der Waals surface area (Å²) in [7, 11) is 0. The van der Waals surface area contributed by atoms with Crippen LogP contribution in [-0.4, -0.2) is 31.4 Å². The number of ketones is 1. The smallest absolute Gasteiger partial charge is 0.317 e. The minimum atomic E-state index is -0.775. The molecule has 148 valence electrons. The molecule has 0 unspecified atom stereocenters. The second-order valence-corrected chi connectivity index (χ2v) is 7.80. The van der Waals surface area contributed by atoms with Crippen molar-refractivity contribution in [1.29, 1.82) is 0 Å². The first-order valence-electron chi connectivity index (χ1n) is 9.88. The molecule has 4 nitrogen and oxygen atoms in total. The Labute approximate surface area is 170 Å². The average molecular weight is 398 g/mol. The number of ether oxygens (including phenoxy) is 1. The molecule has 0 fully saturated rings. The molecule has 1 aliphatic rings. The second-order valence-electron chi connectivity index (χ2n) is 6.85. The van der Waals surface area contributed by atoms with E-state index in [1.165, 1.54) is 0 Å². The van der Waals surface area contributed by atoms with Gasteiger partial charge in [0.1, 0.15) is 5.92 Å². The van der Waals surface area contributed by atoms with Crippen LogP contribution in [0, 0.1) is 5.92 Å². The molecule has 3 rings (SSSR count). The Morgan fingerprint density at radius 1 is 1.14 bits per heavy atom. The molecule has 1 heterocycles. The number of hydrogen-bond acceptors (Lipinski definition) is 5. The molecule has 1 aromatic heterocycles. The highest BCUT2D eigenvalue weighted by Gasteiger charge is 2.39. The van der Waals surface area contributed by atoms with E-state index in [2.05, 4.69) is 43.0 Å². The van der Waals surface area contributed by atoms with Crippen LogP contribution < -0.4 is 4.90 Å². The highest BCUT2D eigenvalue weighted by atomic mass is 32.1. The van der Waals surface area contributed by atoms with Crippen molar-refractivity contribution < 1.29 is 14.3 Å². The third-order valence-electron chi connectivity index (χ3n) is 5.29. The van der Waals surface area contributed by atoms with E-state index in [0.29, 0.717) is 6.42 Å². The molecule has 0 bridgehead atoms. The van der Waals surface area contributed by atoms with Crippen molar-refractivity contribution in [3.05, 3.63) is 58.3 Å². The van der Waals surface area contributed by atoms with E-state index in [1.54, 1.807) is 24.3 Å². The monoisotopic (exact) mass is 397 g/mol. The van der Waals surface area contributed by atoms with Gasteiger partial charge in [0.2, 0.25) is 0 Å². The number of carbonyl (C=O) groups excluding carboxylic acids is 2. The number of esters is 1. The molecule has 28 heavy (non-hydrogen) atoms. The van der Waals surface area contributed by atoms with Crippen LogP contribution in [0.2, 0.25) is 0 Å². The minimum absolute atomic E-state index is 0.161. The van der Waals surface area contributed by atoms with Gasteiger partial charge in [0.15, 0.2) is 5.78 Å². The molecule has 1 aliphatic carbocycles. The standard InChI is InChI=1S/C23H27NO3S/c1-4-24(5-2)18-11-9-16(10-12-18)19-14-17(21-8-7-13-28-21)15-20(25)22(19)23(26)27-6-3/h7-13,15,19,22H,4-6,14H2,1-3H3/t19-,22+/m1/s1. The van der Waals surface area contributed by atoms with Crippen molar-refractivity contribution in [3.63, 3.8) is 0 Å². The van der Waals surface area contributed by atoms with Gasteiger partial charge < -0.3 is 9.64 Å². The predicted molar refractivity (Wildman–Crippen MR) is 115 cm³/mol. The minimum Gasteiger partial charge on any atom is -0.465 e. The lowest BCUT2D eigenvalue weighted by molar-refractivity contribution is -0.151. The van der Waals surface area contributed by atoms with E-state index >= 15 is 0 Å². The molecular weight excluding hydrogens is 370 g/mol. The summed E-state index contributed by atoms with van der Waals surface area (Å²) in [5.41, 5.74) is 3.15. The van der Waals surface area contributed by atoms with Crippen LogP contribution in [0.1, 0.15) is 43.6 Å². The van der Waals surface area contributed by atoms with Gasteiger partial charge in [0.05, 0.1) is 6.61 Å². The van der Waals surface area contributed by atoms with Gasteiger partial charge in [-0.15, -0.1) is 11.3 Å². The SMILES string of the molecule is CCOC(=O)[C@@H]1C(=O)C=C(c2cccs2)C[C@@H]1c1ccc(N(CC)CC)cc1. The Morgan fingerprint density at radius 3 is 2.43 bits per heavy atom. The van der Waals surface area contributed by atoms with Crippen LogP contribution in [0.3, 0.4) is 0 Å². The van der Waals surface area contributed by atoms with Crippen molar-refractivity contribution in [2.24, 2.45) is 5.92 Å². The number of carbonyl (C=O) groups is 2. The summed E-state index contributed by atoms with van der Waals surface area (Å²) < 4.78 is 5.23. The van der Waals surface area contributed by atoms with Gasteiger partial charge >= 0.3 is 5.97 Å². The lowest BCUT2D eigenvalue weighted by atomic mass is 9.74. The number of thiophene rings is 1. The largest absolute Gasteiger partial charge is 0.465 e. The Kier molecular flexibility index (Phi) is 6.68. The Morgan fingerprint density at radius 2 is 1.86 bits per heavy atom. The summed E-state index contributed by atoms with van der Waals surface area (Å²) in [6, 6.07) is 12.3. The fourth-order valence-electron chi connectivity index (χ4n) is 3.85. The summed E-state index contributed by atoms with van der Waals surface area (Å²) >= 11 is 1.62. The molecule has 2 aromatic rings. The third kappa shape index (κ3) is 4.20. The zero-order valence-electron chi connectivity index (χ0n) is 16.7. The maximum atomic E-state index is 12.9. The predicted octanol–water partition coefficient (Wildman–Crippen LogP) is 4.91. The van der Waals surface area contributed by atoms with Crippen LogP contribution in [0.25, 0.3) is 5.57 Å². The van der Waals surface area contributed by atoms with Crippen LogP contribution in [0.4, 0.5) is 5.69 Å². The quantitative estimate of drug-likeness (QED) is 0.492. The van der Waals surface area contributed by atoms with Gasteiger partial charge in [0, 0.05) is 29.6 Å². The van der Waals surface area contributed by atoms with Crippen LogP contribution in [-0.2, 0) is 14.3 Å². The maximum Gasteiger partial charge on any atom is 0.317 e. The van der Waals surface area contributed by atoms with E-state index in [9.17, 15) is 9.59 Å². The van der Waals surface area contributed by atoms with Gasteiger partial charge in [-0.05, 0) is 68.0 Å². The fourth-order valence-corrected chi connectivity index (χ4v) is 4.60. The number of benzene rings is 1. The Bertz CT molecular complexity index is 835. The van der Waals surface area contributed by atoms with E-state index in [-0.39, 0.29) is 18.3 Å². The molecular formula is C23H27NO3S. The summed E-state index contributed by atoms with van der Waals surface area (Å²) in [6.07, 6.45) is 2.29. The second kappa shape index (κ2) is 9.20. The maximum absolute atomic E-state index is 12.9. The summed E-state index contributed by atoms with van der Waals surface area (Å²) in [6.45, 7) is 8.19. The number of anilines is 1. The number of allylic oxidation sites excluding steroid dienone is 2. The lowest BCUT2D eigenvalue weighted by Gasteiger charge is -2.29. The lowest BCUT2D eigenvalue weighted by Crippen LogP contribution is -2.34. The normalized spacial score (nSPS) is 19.2. The average Bonchev–Trinajstić information content (AvgIpc) is 3.24. The summed E-state index contributed by atoms with van der Waals surface area (Å²) in [5, 5.41) is 2.01. The zero-order chi connectivity index (χ0) is 20.1. The Hall–Kier alpha value is -2.40. The molecule has 0 amide bonds. The first-order valence-corrected chi connectivity index (χ1v) is 10.8. The zero-order valence-corrected chi connectivity index (χ0v) is 17.5. The van der Waals surface area contributed by atoms with Gasteiger partial charge in [-0.3, -0.25) is 9.59 Å². The number of rotatable bonds is 7. The van der Waals surface area contributed by atoms with Crippen molar-refractivity contribution in [3.8, 4) is 0 Å². The number of hydrogen-bond donors (Lipinski definition) is 0. The van der Waals surface area contributed by atoms with Gasteiger partial charge in [-0.1, -0.05) is 18.2 Å². The van der Waals surface area contributed by atoms with Crippen molar-refractivity contribution in [1.82, 2.24) is 0 Å². The highest BCUT2D eigenvalue weighted by molar-refractivity contribution is 7.11. The number of nitrogens with zero attached hydrogens (tertiary/aromatic N) is 1. The van der Waals surface area contributed by atoms with E-state index in [1.807, 2.05) is 17.5 Å². The molecule has 0 saturated heterocycles. The summed E-state index contributed by atoms with van der Waals surface area (Å²) in [4.78, 5) is 28.8. The molecule has 0 radical (unpaired) electrons. The van der Waals surface area contributed by atoms with Crippen LogP contribution >= 0.6 is 11.3 Å². The van der Waals surface area contributed by atoms with Crippen LogP contribution in [0.5, 0.6) is 0 Å². The van der Waals surface area contributed by atoms with Crippen LogP contribution in [0.15, 0.2) is 47.9 Å². The van der Waals surface area contributed by atoms with E-state index in [4.69, 9.17) is 4.74 Å². The van der Waals surface area contributed by atoms with Crippen molar-refractivity contribution in [2.75, 3.05) is 24.6 Å². The molecule has 2 atom stereocenters. The molecule has 5 heteroatoms. The highest BCUT2D eigenvalue weighted by Crippen LogP contribution is 2.41. The first-order chi connectivity index (χ1) is 13.6. The van der Waals surface area contributed by atoms with E-state index in [0.717, 1.165) is 34.8 Å². The van der Waals surface area contributed by atoms with Gasteiger partial charge in [0.25, 0.3) is 0 Å². The van der Waals surface area contributed by atoms with Gasteiger partial charge in [-0.2, -0.15) is 0 Å². The third-order valence-corrected chi connectivity index (χ3v) is 6.24. The molecule has 0 aliphatic heterocycles. The van der Waals surface area contributed by atoms with Crippen molar-refractivity contribution >= 4 is 34.3 Å². The topological polar surface area (TPSA) is 46.6 Å². The Balaban J connectivity index is 1.95. The van der Waals surface area contributed by atoms with Gasteiger partial charge in [-0.25, -0.2) is 0 Å².